The summed E-state index contributed by atoms with van der Waals surface area (Å²) < 4.78 is 5.75. The molecule has 0 bridgehead atoms. The third-order valence-corrected chi connectivity index (χ3v) is 5.33. The number of aromatic nitrogens is 1. The maximum absolute atomic E-state index is 5.75. The van der Waals surface area contributed by atoms with E-state index in [2.05, 4.69) is 58.7 Å². The number of allylic oxidation sites excluding steroid dienone is 3. The van der Waals surface area contributed by atoms with Crippen LogP contribution in [0.5, 0.6) is 5.75 Å². The van der Waals surface area contributed by atoms with Gasteiger partial charge in [0, 0.05) is 52.8 Å². The van der Waals surface area contributed by atoms with Crippen LogP contribution in [0.3, 0.4) is 0 Å². The Kier molecular flexibility index (Phi) is 6.08. The minimum atomic E-state index is 0.643. The highest BCUT2D eigenvalue weighted by Crippen LogP contribution is 2.37. The van der Waals surface area contributed by atoms with Crippen LogP contribution in [0.1, 0.15) is 44.0 Å². The summed E-state index contributed by atoms with van der Waals surface area (Å²) in [6.45, 7) is 12.3. The average molecular weight is 396 g/mol. The monoisotopic (exact) mass is 395 g/mol. The van der Waals surface area contributed by atoms with Gasteiger partial charge in [0.1, 0.15) is 11.5 Å². The number of benzene rings is 1. The van der Waals surface area contributed by atoms with Crippen molar-refractivity contribution in [2.24, 2.45) is 10.1 Å². The Hall–Kier alpha value is -3.06. The van der Waals surface area contributed by atoms with E-state index >= 15 is 0 Å². The van der Waals surface area contributed by atoms with Crippen LogP contribution < -0.4 is 15.6 Å². The summed E-state index contributed by atoms with van der Waals surface area (Å²) in [7, 11) is 3.51. The fourth-order valence-electron chi connectivity index (χ4n) is 3.95. The largest absolute Gasteiger partial charge is 0.496 e. The number of hydrazone groups is 1. The van der Waals surface area contributed by atoms with Gasteiger partial charge in [-0.1, -0.05) is 6.92 Å². The molecule has 3 rings (SSSR count). The zero-order valence-electron chi connectivity index (χ0n) is 18.0. The Morgan fingerprint density at radius 3 is 2.66 bits per heavy atom. The molecule has 3 N–H and O–H groups in total. The highest BCUT2D eigenvalue weighted by Gasteiger charge is 2.23. The maximum Gasteiger partial charge on any atom is 0.127 e. The summed E-state index contributed by atoms with van der Waals surface area (Å²) in [4.78, 5) is 13.6. The molecule has 1 aliphatic rings. The number of ether oxygens (including phenoxy) is 1. The van der Waals surface area contributed by atoms with Crippen molar-refractivity contribution in [2.45, 2.75) is 34.1 Å². The van der Waals surface area contributed by atoms with Crippen LogP contribution in [-0.2, 0) is 4.84 Å². The summed E-state index contributed by atoms with van der Waals surface area (Å²) in [5.41, 5.74) is 14.1. The molecule has 0 amide bonds. The molecule has 0 unspecified atom stereocenters. The maximum atomic E-state index is 5.75. The first-order chi connectivity index (χ1) is 14.0. The molecule has 7 heteroatoms. The first-order valence-corrected chi connectivity index (χ1v) is 9.65. The number of hydrogen-bond acceptors (Lipinski definition) is 6. The quantitative estimate of drug-likeness (QED) is 0.488. The van der Waals surface area contributed by atoms with Gasteiger partial charge in [-0.25, -0.2) is 0 Å². The Morgan fingerprint density at radius 2 is 2.10 bits per heavy atom. The zero-order chi connectivity index (χ0) is 21.1. The second-order valence-electron chi connectivity index (χ2n) is 6.98. The fraction of sp³-hybridized carbons (Fsp3) is 0.364. The van der Waals surface area contributed by atoms with Gasteiger partial charge in [0.2, 0.25) is 0 Å². The zero-order valence-corrected chi connectivity index (χ0v) is 18.0. The van der Waals surface area contributed by atoms with Gasteiger partial charge in [-0.15, -0.1) is 0 Å². The van der Waals surface area contributed by atoms with Crippen molar-refractivity contribution < 1.29 is 9.57 Å². The molecular formula is C22H29N5O2. The van der Waals surface area contributed by atoms with Crippen molar-refractivity contribution in [1.29, 1.82) is 0 Å². The van der Waals surface area contributed by atoms with E-state index in [1.54, 1.807) is 7.11 Å². The summed E-state index contributed by atoms with van der Waals surface area (Å²) in [5, 5.41) is 4.88. The van der Waals surface area contributed by atoms with Gasteiger partial charge >= 0.3 is 0 Å². The molecule has 0 radical (unpaired) electrons. The summed E-state index contributed by atoms with van der Waals surface area (Å²) >= 11 is 0. The average Bonchev–Trinajstić information content (AvgIpc) is 3.26. The number of aliphatic imine (C=N–C) groups is 1. The van der Waals surface area contributed by atoms with Gasteiger partial charge in [-0.05, 0) is 44.9 Å². The van der Waals surface area contributed by atoms with Gasteiger partial charge in [0.15, 0.2) is 0 Å². The van der Waals surface area contributed by atoms with Crippen LogP contribution in [-0.4, -0.2) is 38.1 Å². The lowest BCUT2D eigenvalue weighted by Gasteiger charge is -2.14. The predicted octanol–water partition coefficient (Wildman–Crippen LogP) is 4.06. The smallest absolute Gasteiger partial charge is 0.127 e. The predicted molar refractivity (Wildman–Crippen MR) is 119 cm³/mol. The summed E-state index contributed by atoms with van der Waals surface area (Å²) in [6.07, 6.45) is 0.817. The minimum Gasteiger partial charge on any atom is -0.496 e. The fourth-order valence-corrected chi connectivity index (χ4v) is 3.95. The molecule has 1 aromatic carbocycles. The van der Waals surface area contributed by atoms with Crippen molar-refractivity contribution in [3.63, 3.8) is 0 Å². The number of H-pyrrole nitrogens is 1. The van der Waals surface area contributed by atoms with Gasteiger partial charge in [0.25, 0.3) is 0 Å². The first kappa shape index (κ1) is 20.7. The van der Waals surface area contributed by atoms with Crippen LogP contribution in [0.15, 0.2) is 39.3 Å². The van der Waals surface area contributed by atoms with Crippen LogP contribution in [0.4, 0.5) is 0 Å². The number of aryl methyl sites for hydroxylation is 1. The van der Waals surface area contributed by atoms with Crippen LogP contribution in [0.25, 0.3) is 16.5 Å². The topological polar surface area (TPSA) is 83.0 Å². The number of rotatable bonds is 7. The Morgan fingerprint density at radius 1 is 1.34 bits per heavy atom. The molecule has 0 atom stereocenters. The lowest BCUT2D eigenvalue weighted by atomic mass is 9.94. The molecular weight excluding hydrogens is 366 g/mol. The van der Waals surface area contributed by atoms with E-state index in [9.17, 15) is 0 Å². The second-order valence-corrected chi connectivity index (χ2v) is 6.98. The molecule has 0 spiro atoms. The van der Waals surface area contributed by atoms with E-state index in [0.717, 1.165) is 68.2 Å². The number of nitrogens with one attached hydrogen (secondary N) is 3. The molecule has 154 valence electrons. The van der Waals surface area contributed by atoms with Crippen molar-refractivity contribution in [2.75, 3.05) is 20.7 Å². The van der Waals surface area contributed by atoms with Crippen LogP contribution in [0, 0.1) is 6.92 Å². The van der Waals surface area contributed by atoms with E-state index < -0.39 is 0 Å². The summed E-state index contributed by atoms with van der Waals surface area (Å²) in [6, 6.07) is 4.20. The van der Waals surface area contributed by atoms with Crippen molar-refractivity contribution in [3.05, 3.63) is 46.0 Å². The lowest BCUT2D eigenvalue weighted by molar-refractivity contribution is 0.141. The highest BCUT2D eigenvalue weighted by molar-refractivity contribution is 6.20. The Labute approximate surface area is 171 Å². The van der Waals surface area contributed by atoms with E-state index in [1.165, 1.54) is 0 Å². The van der Waals surface area contributed by atoms with Gasteiger partial charge < -0.3 is 14.6 Å². The number of fused-ring (bicyclic) bond motifs is 1. The third kappa shape index (κ3) is 3.65. The van der Waals surface area contributed by atoms with Crippen LogP contribution >= 0.6 is 0 Å². The van der Waals surface area contributed by atoms with E-state index in [1.807, 2.05) is 20.9 Å². The first-order valence-electron chi connectivity index (χ1n) is 9.65. The van der Waals surface area contributed by atoms with E-state index in [4.69, 9.17) is 9.57 Å². The van der Waals surface area contributed by atoms with Crippen molar-refractivity contribution >= 4 is 28.9 Å². The molecule has 0 aliphatic carbocycles. The van der Waals surface area contributed by atoms with Crippen molar-refractivity contribution in [1.82, 2.24) is 15.9 Å². The molecule has 0 saturated carbocycles. The third-order valence-electron chi connectivity index (χ3n) is 5.33. The molecule has 0 saturated heterocycles. The number of methoxy groups -OCH3 is 1. The van der Waals surface area contributed by atoms with Gasteiger partial charge in [0.05, 0.1) is 19.4 Å². The Balaban J connectivity index is 2.24. The minimum absolute atomic E-state index is 0.643. The second kappa shape index (κ2) is 8.53. The summed E-state index contributed by atoms with van der Waals surface area (Å²) in [5.74, 6) is 1.66. The number of hydroxylamine groups is 1. The van der Waals surface area contributed by atoms with Crippen LogP contribution in [0.2, 0.25) is 0 Å². The van der Waals surface area contributed by atoms with Gasteiger partial charge in [-0.3, -0.25) is 10.4 Å². The molecule has 7 nitrogen and oxygen atoms in total. The number of aromatic amines is 1. The molecule has 1 aromatic heterocycles. The van der Waals surface area contributed by atoms with Gasteiger partial charge in [-0.2, -0.15) is 10.6 Å². The highest BCUT2D eigenvalue weighted by atomic mass is 16.7. The van der Waals surface area contributed by atoms with Crippen molar-refractivity contribution in [3.8, 4) is 5.75 Å². The Bertz CT molecular complexity index is 1040. The lowest BCUT2D eigenvalue weighted by Crippen LogP contribution is -2.13. The normalized spacial score (nSPS) is 15.4. The number of nitrogens with zero attached hydrogens (tertiary/aromatic N) is 2. The molecule has 2 aromatic rings. The standard InChI is InChI=1S/C22H29N5O2/c1-8-15(12(2)27-24-6)22(23-5)21-13(3)26-19-9-16(18-11-25-29-14(18)4)20(28-7)10-17(19)21/h9-10,25-27H,6,8,11H2,1-5,7H3/b15-12+,23-22?. The van der Waals surface area contributed by atoms with E-state index in [-0.39, 0.29) is 0 Å². The SMILES string of the molecule is C=NN/C(C)=C(\CC)C(=NC)c1c(C)[nH]c2cc(C3=C(C)ONC3)c(OC)cc12. The molecule has 1 aliphatic heterocycles. The van der Waals surface area contributed by atoms with E-state index in [0.29, 0.717) is 6.54 Å². The molecule has 29 heavy (non-hydrogen) atoms. The molecule has 2 heterocycles. The number of hydrogen-bond donors (Lipinski definition) is 3. The molecule has 0 fully saturated rings.